The van der Waals surface area contributed by atoms with Crippen molar-refractivity contribution in [1.82, 2.24) is 15.3 Å². The number of nitrogens with one attached hydrogen (secondary N) is 2. The molecule has 0 saturated heterocycles. The first kappa shape index (κ1) is 34.0. The zero-order valence-corrected chi connectivity index (χ0v) is 29.2. The molecule has 17 heteroatoms. The van der Waals surface area contributed by atoms with Crippen molar-refractivity contribution in [3.05, 3.63) is 90.6 Å². The van der Waals surface area contributed by atoms with Crippen LogP contribution in [0.3, 0.4) is 0 Å². The minimum Gasteiger partial charge on any atom is -0.478 e. The Labute approximate surface area is 292 Å². The van der Waals surface area contributed by atoms with E-state index in [4.69, 9.17) is 14.6 Å². The average Bonchev–Trinajstić information content (AvgIpc) is 3.55. The molecule has 242 valence electrons. The number of nitrogen functional groups attached to an aromatic ring is 1. The van der Waals surface area contributed by atoms with Crippen LogP contribution in [0.25, 0.3) is 44.8 Å². The summed E-state index contributed by atoms with van der Waals surface area (Å²) < 4.78 is 63.9. The number of carbonyl (C=O) groups is 2. The SMILES string of the molecule is CNC(=O)c1c(-c2ccc(F)cc2)oc2nc(NS(C)(=O)=O)c(I)cc12.Nc1nc2oc(-c3ccc(F)cc3)c(C(=O)O)c2cc1I. The molecule has 47 heavy (non-hydrogen) atoms. The number of fused-ring (bicyclic) bond motifs is 2. The average molecular weight is 887 g/mol. The highest BCUT2D eigenvalue weighted by Crippen LogP contribution is 2.36. The van der Waals surface area contributed by atoms with Crippen LogP contribution in [0.15, 0.2) is 69.5 Å². The maximum atomic E-state index is 13.2. The molecule has 0 radical (unpaired) electrons. The van der Waals surface area contributed by atoms with Gasteiger partial charge in [0.1, 0.15) is 28.8 Å². The van der Waals surface area contributed by atoms with Crippen molar-refractivity contribution in [3.8, 4) is 22.6 Å². The van der Waals surface area contributed by atoms with Gasteiger partial charge in [-0.05, 0) is 106 Å². The number of pyridine rings is 2. The lowest BCUT2D eigenvalue weighted by Crippen LogP contribution is -2.18. The standard InChI is InChI=1S/C16H13FIN3O4S.C14H8FIN2O3/c1-19-15(22)12-10-7-11(18)14(21-26(2,23)24)20-16(10)25-13(12)8-3-5-9(17)6-4-8;15-7-3-1-6(2-4-7)11-10(14(19)20)8-5-9(16)12(17)18-13(8)21-11/h3-7H,1-2H3,(H,19,22)(H,20,21);1-5H,(H2,17,18)(H,19,20). The summed E-state index contributed by atoms with van der Waals surface area (Å²) in [4.78, 5) is 32.2. The number of aromatic carboxylic acids is 1. The molecule has 0 saturated carbocycles. The van der Waals surface area contributed by atoms with Crippen LogP contribution in [0.4, 0.5) is 20.4 Å². The van der Waals surface area contributed by atoms with Gasteiger partial charge in [-0.2, -0.15) is 9.97 Å². The number of benzene rings is 2. The van der Waals surface area contributed by atoms with Gasteiger partial charge >= 0.3 is 5.97 Å². The van der Waals surface area contributed by atoms with Gasteiger partial charge in [-0.1, -0.05) is 0 Å². The molecule has 0 aliphatic heterocycles. The molecule has 0 aliphatic rings. The molecule has 0 atom stereocenters. The number of carbonyl (C=O) groups excluding carboxylic acids is 1. The summed E-state index contributed by atoms with van der Waals surface area (Å²) in [5.41, 5.74) is 7.12. The number of hydrogen-bond donors (Lipinski definition) is 4. The number of sulfonamides is 1. The fraction of sp³-hybridized carbons (Fsp3) is 0.0667. The van der Waals surface area contributed by atoms with Crippen molar-refractivity contribution in [3.63, 3.8) is 0 Å². The topological polar surface area (TPSA) is 191 Å². The number of nitrogens with two attached hydrogens (primary N) is 1. The van der Waals surface area contributed by atoms with Crippen LogP contribution in [0.5, 0.6) is 0 Å². The largest absolute Gasteiger partial charge is 0.478 e. The Kier molecular flexibility index (Phi) is 9.68. The third kappa shape index (κ3) is 7.30. The van der Waals surface area contributed by atoms with Gasteiger partial charge in [-0.25, -0.2) is 22.0 Å². The number of furan rings is 2. The molecule has 6 rings (SSSR count). The first-order valence-corrected chi connectivity index (χ1v) is 17.2. The van der Waals surface area contributed by atoms with Gasteiger partial charge in [0.2, 0.25) is 21.5 Å². The van der Waals surface area contributed by atoms with E-state index in [-0.39, 0.29) is 45.7 Å². The Morgan fingerprint density at radius 3 is 1.79 bits per heavy atom. The Bertz CT molecular complexity index is 2290. The zero-order valence-electron chi connectivity index (χ0n) is 24.1. The quantitative estimate of drug-likeness (QED) is 0.135. The molecule has 4 aromatic heterocycles. The van der Waals surface area contributed by atoms with E-state index < -0.39 is 33.5 Å². The van der Waals surface area contributed by atoms with Gasteiger partial charge < -0.3 is 25.0 Å². The minimum atomic E-state index is -3.53. The molecule has 2 aromatic carbocycles. The van der Waals surface area contributed by atoms with E-state index in [2.05, 4.69) is 20.0 Å². The molecule has 6 aromatic rings. The van der Waals surface area contributed by atoms with Crippen molar-refractivity contribution in [2.24, 2.45) is 0 Å². The van der Waals surface area contributed by atoms with Crippen molar-refractivity contribution in [2.45, 2.75) is 0 Å². The fourth-order valence-corrected chi connectivity index (χ4v) is 6.12. The maximum Gasteiger partial charge on any atom is 0.340 e. The summed E-state index contributed by atoms with van der Waals surface area (Å²) in [6.07, 6.45) is 1.01. The summed E-state index contributed by atoms with van der Waals surface area (Å²) >= 11 is 3.89. The Morgan fingerprint density at radius 2 is 1.30 bits per heavy atom. The van der Waals surface area contributed by atoms with Gasteiger partial charge in [0.25, 0.3) is 5.91 Å². The molecule has 0 fully saturated rings. The summed E-state index contributed by atoms with van der Waals surface area (Å²) in [5.74, 6) is -1.66. The van der Waals surface area contributed by atoms with Crippen LogP contribution in [-0.4, -0.2) is 48.7 Å². The van der Waals surface area contributed by atoms with Gasteiger partial charge in [0.15, 0.2) is 11.6 Å². The fourth-order valence-electron chi connectivity index (χ4n) is 4.43. The highest BCUT2D eigenvalue weighted by atomic mass is 127. The van der Waals surface area contributed by atoms with E-state index in [1.54, 1.807) is 12.1 Å². The number of halogens is 4. The molecule has 4 heterocycles. The van der Waals surface area contributed by atoms with Crippen molar-refractivity contribution in [2.75, 3.05) is 23.8 Å². The van der Waals surface area contributed by atoms with Crippen LogP contribution >= 0.6 is 45.2 Å². The first-order chi connectivity index (χ1) is 22.2. The second kappa shape index (κ2) is 13.4. The van der Waals surface area contributed by atoms with Crippen molar-refractivity contribution < 1.29 is 40.7 Å². The number of anilines is 2. The Morgan fingerprint density at radius 1 is 0.830 bits per heavy atom. The number of rotatable bonds is 6. The van der Waals surface area contributed by atoms with Crippen molar-refractivity contribution >= 4 is 101 Å². The Balaban J connectivity index is 0.000000189. The van der Waals surface area contributed by atoms with Crippen LogP contribution < -0.4 is 15.8 Å². The number of carboxylic acids is 1. The van der Waals surface area contributed by atoms with Crippen LogP contribution in [0.2, 0.25) is 0 Å². The number of hydrogen-bond acceptors (Lipinski definition) is 9. The summed E-state index contributed by atoms with van der Waals surface area (Å²) in [6.45, 7) is 0. The minimum absolute atomic E-state index is 0.0120. The van der Waals surface area contributed by atoms with Gasteiger partial charge in [0.05, 0.1) is 29.7 Å². The predicted octanol–water partition coefficient (Wildman–Crippen LogP) is 6.49. The van der Waals surface area contributed by atoms with Gasteiger partial charge in [-0.15, -0.1) is 0 Å². The molecule has 12 nitrogen and oxygen atoms in total. The molecule has 0 spiro atoms. The lowest BCUT2D eigenvalue weighted by atomic mass is 10.1. The second-order valence-electron chi connectivity index (χ2n) is 9.76. The molecule has 0 unspecified atom stereocenters. The summed E-state index contributed by atoms with van der Waals surface area (Å²) in [6, 6.07) is 14.1. The molecule has 5 N–H and O–H groups in total. The first-order valence-electron chi connectivity index (χ1n) is 13.1. The van der Waals surface area contributed by atoms with E-state index in [9.17, 15) is 31.9 Å². The number of carboxylic acid groups (broad SMARTS) is 1. The highest BCUT2D eigenvalue weighted by molar-refractivity contribution is 14.1. The third-order valence-corrected chi connectivity index (χ3v) is 8.71. The zero-order chi connectivity index (χ0) is 34.2. The van der Waals surface area contributed by atoms with Crippen LogP contribution in [-0.2, 0) is 10.0 Å². The van der Waals surface area contributed by atoms with Gasteiger partial charge in [0, 0.05) is 18.2 Å². The molecular formula is C30H21F2I2N5O7S. The van der Waals surface area contributed by atoms with Crippen LogP contribution in [0.1, 0.15) is 20.7 Å². The molecule has 0 aliphatic carbocycles. The number of nitrogens with zero attached hydrogens (tertiary/aromatic N) is 2. The smallest absolute Gasteiger partial charge is 0.340 e. The Hall–Kier alpha value is -4.37. The van der Waals surface area contributed by atoms with E-state index in [1.807, 2.05) is 45.2 Å². The summed E-state index contributed by atoms with van der Waals surface area (Å²) in [7, 11) is -2.05. The predicted molar refractivity (Wildman–Crippen MR) is 187 cm³/mol. The van der Waals surface area contributed by atoms with E-state index in [0.29, 0.717) is 29.0 Å². The third-order valence-electron chi connectivity index (χ3n) is 6.46. The lowest BCUT2D eigenvalue weighted by molar-refractivity contribution is 0.0698. The molecule has 0 bridgehead atoms. The van der Waals surface area contributed by atoms with E-state index in [1.165, 1.54) is 55.6 Å². The number of aromatic nitrogens is 2. The number of amides is 1. The normalized spacial score (nSPS) is 11.3. The van der Waals surface area contributed by atoms with E-state index >= 15 is 0 Å². The van der Waals surface area contributed by atoms with Gasteiger partial charge in [-0.3, -0.25) is 9.52 Å². The molecule has 1 amide bonds. The van der Waals surface area contributed by atoms with Crippen LogP contribution in [0, 0.1) is 18.8 Å². The second-order valence-corrected chi connectivity index (χ2v) is 13.8. The lowest BCUT2D eigenvalue weighted by Gasteiger charge is -2.05. The highest BCUT2D eigenvalue weighted by Gasteiger charge is 2.25. The van der Waals surface area contributed by atoms with E-state index in [0.717, 1.165) is 6.26 Å². The summed E-state index contributed by atoms with van der Waals surface area (Å²) in [5, 5.41) is 12.8. The molecular weight excluding hydrogens is 866 g/mol. The maximum absolute atomic E-state index is 13.2. The van der Waals surface area contributed by atoms with Crippen molar-refractivity contribution in [1.29, 1.82) is 0 Å². The monoisotopic (exact) mass is 887 g/mol.